The van der Waals surface area contributed by atoms with Gasteiger partial charge < -0.3 is 20.1 Å². The van der Waals surface area contributed by atoms with Crippen molar-refractivity contribution in [3.63, 3.8) is 0 Å². The highest BCUT2D eigenvalue weighted by molar-refractivity contribution is 6.41. The first-order valence-electron chi connectivity index (χ1n) is 11.0. The second kappa shape index (κ2) is 10.5. The lowest BCUT2D eigenvalue weighted by molar-refractivity contribution is -0.117. The van der Waals surface area contributed by atoms with Crippen LogP contribution in [0.1, 0.15) is 19.3 Å². The van der Waals surface area contributed by atoms with E-state index in [1.165, 1.54) is 6.08 Å². The first kappa shape index (κ1) is 24.1. The first-order valence-corrected chi connectivity index (χ1v) is 11.7. The van der Waals surface area contributed by atoms with Gasteiger partial charge in [0.05, 0.1) is 29.8 Å². The van der Waals surface area contributed by atoms with Crippen LogP contribution in [0.2, 0.25) is 10.0 Å². The predicted molar refractivity (Wildman–Crippen MR) is 136 cm³/mol. The molecule has 1 heterocycles. The van der Waals surface area contributed by atoms with E-state index in [9.17, 15) is 4.79 Å². The van der Waals surface area contributed by atoms with Gasteiger partial charge in [0.15, 0.2) is 0 Å². The molecule has 0 saturated heterocycles. The van der Waals surface area contributed by atoms with Crippen molar-refractivity contribution < 1.29 is 14.3 Å². The zero-order chi connectivity index (χ0) is 24.2. The average Bonchev–Trinajstić information content (AvgIpc) is 3.29. The lowest BCUT2D eigenvalue weighted by Crippen LogP contribution is -2.38. The van der Waals surface area contributed by atoms with E-state index in [0.29, 0.717) is 45.5 Å². The minimum Gasteiger partial charge on any atom is -0.495 e. The quantitative estimate of drug-likeness (QED) is 0.397. The Morgan fingerprint density at radius 3 is 2.59 bits per heavy atom. The van der Waals surface area contributed by atoms with Crippen LogP contribution in [-0.2, 0) is 4.79 Å². The van der Waals surface area contributed by atoms with Crippen molar-refractivity contribution in [2.24, 2.45) is 5.92 Å². The van der Waals surface area contributed by atoms with Crippen LogP contribution < -0.4 is 20.1 Å². The van der Waals surface area contributed by atoms with Gasteiger partial charge in [-0.1, -0.05) is 42.3 Å². The highest BCUT2D eigenvalue weighted by Gasteiger charge is 2.28. The minimum atomic E-state index is -0.136. The van der Waals surface area contributed by atoms with Crippen molar-refractivity contribution in [1.82, 2.24) is 15.3 Å². The fourth-order valence-corrected chi connectivity index (χ4v) is 5.07. The maximum Gasteiger partial charge on any atom is 0.243 e. The van der Waals surface area contributed by atoms with Crippen LogP contribution in [0, 0.1) is 5.92 Å². The predicted octanol–water partition coefficient (Wildman–Crippen LogP) is 5.50. The molecule has 2 aromatic carbocycles. The summed E-state index contributed by atoms with van der Waals surface area (Å²) < 4.78 is 10.8. The van der Waals surface area contributed by atoms with E-state index in [1.807, 2.05) is 18.2 Å². The number of anilines is 1. The molecule has 1 aliphatic carbocycles. The van der Waals surface area contributed by atoms with Crippen molar-refractivity contribution in [3.8, 4) is 22.6 Å². The molecular formula is C25H26Cl2N4O3. The summed E-state index contributed by atoms with van der Waals surface area (Å²) in [6.45, 7) is 4.21. The summed E-state index contributed by atoms with van der Waals surface area (Å²) in [6.07, 6.45) is 6.16. The van der Waals surface area contributed by atoms with Crippen LogP contribution in [0.3, 0.4) is 0 Å². The third kappa shape index (κ3) is 4.91. The molecule has 178 valence electrons. The molecule has 2 atom stereocenters. The SMILES string of the molecule is C=CC(=O)NC1CCCC1CNc1ncc2cc(-c3c(Cl)c(OC)cc(OC)c3Cl)ccc2n1. The molecule has 0 radical (unpaired) electrons. The number of rotatable bonds is 8. The number of nitrogens with one attached hydrogen (secondary N) is 2. The van der Waals surface area contributed by atoms with Crippen LogP contribution in [0.25, 0.3) is 22.0 Å². The normalized spacial score (nSPS) is 17.4. The Balaban J connectivity index is 1.55. The van der Waals surface area contributed by atoms with Crippen LogP contribution in [0.4, 0.5) is 5.95 Å². The number of fused-ring (bicyclic) bond motifs is 1. The molecule has 0 aliphatic heterocycles. The summed E-state index contributed by atoms with van der Waals surface area (Å²) in [4.78, 5) is 20.8. The standard InChI is InChI=1S/C25H26Cl2N4O3/c1-4-21(32)30-17-7-5-6-15(17)12-28-25-29-13-16-10-14(8-9-18(16)31-25)22-23(26)19(33-2)11-20(34-3)24(22)27/h4,8-11,13,15,17H,1,5-7,12H2,2-3H3,(H,30,32)(H,28,29,31). The van der Waals surface area contributed by atoms with Crippen molar-refractivity contribution in [3.05, 3.63) is 53.2 Å². The molecule has 1 amide bonds. The van der Waals surface area contributed by atoms with Crippen molar-refractivity contribution in [2.45, 2.75) is 25.3 Å². The number of methoxy groups -OCH3 is 2. The molecule has 1 aromatic heterocycles. The van der Waals surface area contributed by atoms with Crippen LogP contribution >= 0.6 is 23.2 Å². The van der Waals surface area contributed by atoms with Crippen LogP contribution in [-0.4, -0.2) is 42.7 Å². The lowest BCUT2D eigenvalue weighted by atomic mass is 10.0. The van der Waals surface area contributed by atoms with Gasteiger partial charge in [-0.15, -0.1) is 0 Å². The molecule has 0 bridgehead atoms. The molecule has 7 nitrogen and oxygen atoms in total. The van der Waals surface area contributed by atoms with Gasteiger partial charge in [0.1, 0.15) is 11.5 Å². The number of benzene rings is 2. The number of halogens is 2. The van der Waals surface area contributed by atoms with Gasteiger partial charge in [0, 0.05) is 35.8 Å². The van der Waals surface area contributed by atoms with Gasteiger partial charge in [-0.3, -0.25) is 4.79 Å². The van der Waals surface area contributed by atoms with Gasteiger partial charge in [0.25, 0.3) is 0 Å². The lowest BCUT2D eigenvalue weighted by Gasteiger charge is -2.20. The zero-order valence-corrected chi connectivity index (χ0v) is 20.5. The number of hydrogen-bond donors (Lipinski definition) is 2. The number of carbonyl (C=O) groups excluding carboxylic acids is 1. The highest BCUT2D eigenvalue weighted by atomic mass is 35.5. The summed E-state index contributed by atoms with van der Waals surface area (Å²) in [5, 5.41) is 7.98. The number of ether oxygens (including phenoxy) is 2. The molecule has 2 unspecified atom stereocenters. The Bertz CT molecular complexity index is 1210. The van der Waals surface area contributed by atoms with Crippen molar-refractivity contribution >= 4 is 46.0 Å². The van der Waals surface area contributed by atoms with Gasteiger partial charge in [0.2, 0.25) is 11.9 Å². The summed E-state index contributed by atoms with van der Waals surface area (Å²) >= 11 is 13.1. The Labute approximate surface area is 208 Å². The molecule has 1 saturated carbocycles. The second-order valence-electron chi connectivity index (χ2n) is 8.14. The molecule has 4 rings (SSSR count). The molecule has 3 aromatic rings. The fraction of sp³-hybridized carbons (Fsp3) is 0.320. The average molecular weight is 501 g/mol. The van der Waals surface area contributed by atoms with E-state index >= 15 is 0 Å². The second-order valence-corrected chi connectivity index (χ2v) is 8.90. The number of nitrogens with zero attached hydrogens (tertiary/aromatic N) is 2. The molecule has 0 spiro atoms. The minimum absolute atomic E-state index is 0.135. The number of hydrogen-bond acceptors (Lipinski definition) is 6. The van der Waals surface area contributed by atoms with Crippen molar-refractivity contribution in [1.29, 1.82) is 0 Å². The number of amides is 1. The van der Waals surface area contributed by atoms with E-state index < -0.39 is 0 Å². The molecule has 2 N–H and O–H groups in total. The molecular weight excluding hydrogens is 475 g/mol. The van der Waals surface area contributed by atoms with E-state index in [-0.39, 0.29) is 11.9 Å². The van der Waals surface area contributed by atoms with Gasteiger partial charge in [-0.25, -0.2) is 9.97 Å². The first-order chi connectivity index (χ1) is 16.4. The third-order valence-corrected chi connectivity index (χ3v) is 6.89. The molecule has 9 heteroatoms. The summed E-state index contributed by atoms with van der Waals surface area (Å²) in [7, 11) is 3.09. The van der Waals surface area contributed by atoms with E-state index in [0.717, 1.165) is 35.7 Å². The number of aromatic nitrogens is 2. The summed E-state index contributed by atoms with van der Waals surface area (Å²) in [5.74, 6) is 1.67. The topological polar surface area (TPSA) is 85.4 Å². The third-order valence-electron chi connectivity index (χ3n) is 6.14. The van der Waals surface area contributed by atoms with Crippen LogP contribution in [0.5, 0.6) is 11.5 Å². The Morgan fingerprint density at radius 2 is 1.91 bits per heavy atom. The Kier molecular flexibility index (Phi) is 7.44. The monoisotopic (exact) mass is 500 g/mol. The van der Waals surface area contributed by atoms with E-state index in [2.05, 4.69) is 27.2 Å². The highest BCUT2D eigenvalue weighted by Crippen LogP contribution is 2.46. The molecule has 34 heavy (non-hydrogen) atoms. The molecule has 1 aliphatic rings. The van der Waals surface area contributed by atoms with Gasteiger partial charge in [-0.2, -0.15) is 0 Å². The Hall–Kier alpha value is -3.03. The fourth-order valence-electron chi connectivity index (χ4n) is 4.35. The largest absolute Gasteiger partial charge is 0.495 e. The smallest absolute Gasteiger partial charge is 0.243 e. The van der Waals surface area contributed by atoms with Gasteiger partial charge >= 0.3 is 0 Å². The van der Waals surface area contributed by atoms with Gasteiger partial charge in [-0.05, 0) is 42.5 Å². The van der Waals surface area contributed by atoms with E-state index in [1.54, 1.807) is 26.5 Å². The Morgan fingerprint density at radius 1 is 1.18 bits per heavy atom. The maximum absolute atomic E-state index is 11.7. The maximum atomic E-state index is 11.7. The van der Waals surface area contributed by atoms with Crippen molar-refractivity contribution in [2.75, 3.05) is 26.1 Å². The zero-order valence-electron chi connectivity index (χ0n) is 19.0. The number of carbonyl (C=O) groups is 1. The van der Waals surface area contributed by atoms with E-state index in [4.69, 9.17) is 32.7 Å². The molecule has 1 fully saturated rings. The summed E-state index contributed by atoms with van der Waals surface area (Å²) in [5.41, 5.74) is 2.21. The van der Waals surface area contributed by atoms with Crippen LogP contribution in [0.15, 0.2) is 43.1 Å². The summed E-state index contributed by atoms with van der Waals surface area (Å²) in [6, 6.07) is 7.54.